The third kappa shape index (κ3) is 2.28. The van der Waals surface area contributed by atoms with Crippen molar-refractivity contribution in [1.29, 1.82) is 0 Å². The molecule has 1 atom stereocenters. The first-order valence-corrected chi connectivity index (χ1v) is 6.63. The summed E-state index contributed by atoms with van der Waals surface area (Å²) in [7, 11) is 0. The van der Waals surface area contributed by atoms with Gasteiger partial charge in [-0.3, -0.25) is 9.59 Å². The average Bonchev–Trinajstić information content (AvgIpc) is 2.88. The molecule has 1 aromatic carbocycles. The lowest BCUT2D eigenvalue weighted by Crippen LogP contribution is -2.44. The lowest BCUT2D eigenvalue weighted by Gasteiger charge is -2.30. The Morgan fingerprint density at radius 3 is 2.79 bits per heavy atom. The van der Waals surface area contributed by atoms with E-state index in [1.54, 1.807) is 4.90 Å². The fourth-order valence-electron chi connectivity index (χ4n) is 3.05. The lowest BCUT2D eigenvalue weighted by molar-refractivity contribution is -0.132. The van der Waals surface area contributed by atoms with Crippen LogP contribution in [-0.4, -0.2) is 35.3 Å². The molecular weight excluding hydrogens is 242 g/mol. The Morgan fingerprint density at radius 1 is 1.21 bits per heavy atom. The summed E-state index contributed by atoms with van der Waals surface area (Å²) in [6.45, 7) is 1.26. The van der Waals surface area contributed by atoms with Crippen LogP contribution in [0.15, 0.2) is 30.3 Å². The summed E-state index contributed by atoms with van der Waals surface area (Å²) in [6.07, 6.45) is 1.74. The second-order valence-corrected chi connectivity index (χ2v) is 5.40. The monoisotopic (exact) mass is 259 g/mol. The Hall–Kier alpha value is -1.68. The van der Waals surface area contributed by atoms with E-state index < -0.39 is 0 Å². The number of ketones is 1. The van der Waals surface area contributed by atoms with Crippen molar-refractivity contribution >= 4 is 11.7 Å². The Kier molecular flexibility index (Phi) is 3.11. The molecule has 0 N–H and O–H groups in total. The SMILES string of the molecule is O=C1CN2C(=O)CCC2(COCc2ccccc2)C1. The lowest BCUT2D eigenvalue weighted by atomic mass is 9.95. The minimum atomic E-state index is -0.358. The van der Waals surface area contributed by atoms with E-state index in [2.05, 4.69) is 0 Å². The van der Waals surface area contributed by atoms with E-state index in [1.165, 1.54) is 0 Å². The molecule has 0 radical (unpaired) electrons. The third-order valence-corrected chi connectivity index (χ3v) is 4.02. The van der Waals surface area contributed by atoms with Crippen LogP contribution in [0.3, 0.4) is 0 Å². The van der Waals surface area contributed by atoms with Crippen molar-refractivity contribution in [3.63, 3.8) is 0 Å². The second kappa shape index (κ2) is 4.78. The van der Waals surface area contributed by atoms with Gasteiger partial charge in [-0.2, -0.15) is 0 Å². The quantitative estimate of drug-likeness (QED) is 0.824. The van der Waals surface area contributed by atoms with Crippen LogP contribution in [0, 0.1) is 0 Å². The number of carbonyl (C=O) groups is 2. The van der Waals surface area contributed by atoms with Crippen molar-refractivity contribution in [3.05, 3.63) is 35.9 Å². The van der Waals surface area contributed by atoms with Gasteiger partial charge in [0.25, 0.3) is 0 Å². The zero-order chi connectivity index (χ0) is 13.3. The number of rotatable bonds is 4. The molecular formula is C15H17NO3. The number of nitrogens with zero attached hydrogens (tertiary/aromatic N) is 1. The average molecular weight is 259 g/mol. The van der Waals surface area contributed by atoms with Gasteiger partial charge in [-0.05, 0) is 12.0 Å². The molecule has 2 saturated heterocycles. The van der Waals surface area contributed by atoms with E-state index in [-0.39, 0.29) is 23.8 Å². The van der Waals surface area contributed by atoms with E-state index in [9.17, 15) is 9.59 Å². The molecule has 1 unspecified atom stereocenters. The van der Waals surface area contributed by atoms with Gasteiger partial charge in [0, 0.05) is 12.8 Å². The maximum absolute atomic E-state index is 11.8. The fraction of sp³-hybridized carbons (Fsp3) is 0.467. The minimum Gasteiger partial charge on any atom is -0.374 e. The molecule has 2 fully saturated rings. The Morgan fingerprint density at radius 2 is 2.00 bits per heavy atom. The van der Waals surface area contributed by atoms with Crippen molar-refractivity contribution in [2.24, 2.45) is 0 Å². The molecule has 0 bridgehead atoms. The highest BCUT2D eigenvalue weighted by Gasteiger charge is 2.51. The predicted molar refractivity (Wildman–Crippen MR) is 69.4 cm³/mol. The van der Waals surface area contributed by atoms with Gasteiger partial charge in [0.1, 0.15) is 0 Å². The maximum atomic E-state index is 11.8. The van der Waals surface area contributed by atoms with Crippen molar-refractivity contribution in [1.82, 2.24) is 4.90 Å². The molecule has 4 heteroatoms. The number of fused-ring (bicyclic) bond motifs is 1. The second-order valence-electron chi connectivity index (χ2n) is 5.40. The maximum Gasteiger partial charge on any atom is 0.223 e. The fourth-order valence-corrected chi connectivity index (χ4v) is 3.05. The molecule has 3 rings (SSSR count). The summed E-state index contributed by atoms with van der Waals surface area (Å²) in [6, 6.07) is 9.93. The summed E-state index contributed by atoms with van der Waals surface area (Å²) >= 11 is 0. The number of hydrogen-bond donors (Lipinski definition) is 0. The molecule has 100 valence electrons. The van der Waals surface area contributed by atoms with E-state index in [1.807, 2.05) is 30.3 Å². The zero-order valence-corrected chi connectivity index (χ0v) is 10.8. The van der Waals surface area contributed by atoms with Crippen LogP contribution in [0.1, 0.15) is 24.8 Å². The van der Waals surface area contributed by atoms with Gasteiger partial charge in [0.05, 0.1) is 25.3 Å². The molecule has 19 heavy (non-hydrogen) atoms. The van der Waals surface area contributed by atoms with E-state index >= 15 is 0 Å². The summed E-state index contributed by atoms with van der Waals surface area (Å²) < 4.78 is 5.76. The summed E-state index contributed by atoms with van der Waals surface area (Å²) in [5, 5.41) is 0. The standard InChI is InChI=1S/C15H17NO3/c17-13-8-15(7-6-14(18)16(15)9-13)11-19-10-12-4-2-1-3-5-12/h1-5H,6-11H2. The van der Waals surface area contributed by atoms with Crippen LogP contribution >= 0.6 is 0 Å². The number of carbonyl (C=O) groups excluding carboxylic acids is 2. The number of ether oxygens (including phenoxy) is 1. The molecule has 0 saturated carbocycles. The number of benzene rings is 1. The van der Waals surface area contributed by atoms with Gasteiger partial charge < -0.3 is 9.64 Å². The van der Waals surface area contributed by atoms with E-state index in [4.69, 9.17) is 4.74 Å². The molecule has 4 nitrogen and oxygen atoms in total. The largest absolute Gasteiger partial charge is 0.374 e. The van der Waals surface area contributed by atoms with E-state index in [0.717, 1.165) is 12.0 Å². The molecule has 2 heterocycles. The summed E-state index contributed by atoms with van der Waals surface area (Å²) in [5.74, 6) is 0.241. The van der Waals surface area contributed by atoms with Crippen molar-refractivity contribution in [3.8, 4) is 0 Å². The van der Waals surface area contributed by atoms with Gasteiger partial charge in [0.15, 0.2) is 5.78 Å². The number of amides is 1. The zero-order valence-electron chi connectivity index (χ0n) is 10.8. The molecule has 0 spiro atoms. The molecule has 0 aromatic heterocycles. The van der Waals surface area contributed by atoms with Crippen molar-refractivity contribution in [2.45, 2.75) is 31.4 Å². The van der Waals surface area contributed by atoms with Gasteiger partial charge in [0.2, 0.25) is 5.91 Å². The van der Waals surface area contributed by atoms with Gasteiger partial charge in [-0.15, -0.1) is 0 Å². The van der Waals surface area contributed by atoms with Crippen LogP contribution in [0.25, 0.3) is 0 Å². The Labute approximate surface area is 112 Å². The third-order valence-electron chi connectivity index (χ3n) is 4.02. The normalized spacial score (nSPS) is 26.0. The number of Topliss-reactive ketones (excluding diaryl/α,β-unsaturated/α-hetero) is 1. The summed E-state index contributed by atoms with van der Waals surface area (Å²) in [4.78, 5) is 25.1. The van der Waals surface area contributed by atoms with Crippen LogP contribution in [-0.2, 0) is 20.9 Å². The number of hydrogen-bond acceptors (Lipinski definition) is 3. The van der Waals surface area contributed by atoms with Crippen LogP contribution in [0.2, 0.25) is 0 Å². The van der Waals surface area contributed by atoms with E-state index in [0.29, 0.717) is 26.1 Å². The molecule has 1 amide bonds. The highest BCUT2D eigenvalue weighted by Crippen LogP contribution is 2.38. The van der Waals surface area contributed by atoms with Gasteiger partial charge in [-0.1, -0.05) is 30.3 Å². The van der Waals surface area contributed by atoms with Crippen molar-refractivity contribution < 1.29 is 14.3 Å². The topological polar surface area (TPSA) is 46.6 Å². The molecule has 1 aromatic rings. The van der Waals surface area contributed by atoms with Crippen molar-refractivity contribution in [2.75, 3.05) is 13.2 Å². The first-order chi connectivity index (χ1) is 9.20. The highest BCUT2D eigenvalue weighted by molar-refractivity contribution is 5.93. The van der Waals surface area contributed by atoms with Crippen LogP contribution < -0.4 is 0 Å². The van der Waals surface area contributed by atoms with Gasteiger partial charge >= 0.3 is 0 Å². The Bertz CT molecular complexity index is 499. The van der Waals surface area contributed by atoms with Crippen LogP contribution in [0.4, 0.5) is 0 Å². The molecule has 2 aliphatic rings. The Balaban J connectivity index is 1.63. The first-order valence-electron chi connectivity index (χ1n) is 6.63. The molecule has 2 aliphatic heterocycles. The van der Waals surface area contributed by atoms with Crippen LogP contribution in [0.5, 0.6) is 0 Å². The van der Waals surface area contributed by atoms with Gasteiger partial charge in [-0.25, -0.2) is 0 Å². The minimum absolute atomic E-state index is 0.0918. The predicted octanol–water partition coefficient (Wildman–Crippen LogP) is 1.54. The first kappa shape index (κ1) is 12.4. The highest BCUT2D eigenvalue weighted by atomic mass is 16.5. The molecule has 0 aliphatic carbocycles. The summed E-state index contributed by atoms with van der Waals surface area (Å²) in [5.41, 5.74) is 0.752. The smallest absolute Gasteiger partial charge is 0.223 e.